The van der Waals surface area contributed by atoms with Crippen LogP contribution in [0.25, 0.3) is 10.4 Å². The van der Waals surface area contributed by atoms with Crippen LogP contribution in [-0.2, 0) is 13.6 Å². The molecule has 1 rings (SSSR count). The summed E-state index contributed by atoms with van der Waals surface area (Å²) in [7, 11) is -3.49. The normalized spacial score (nSPS) is 12.8. The van der Waals surface area contributed by atoms with E-state index < -0.39 is 13.4 Å². The highest BCUT2D eigenvalue weighted by atomic mass is 31.2. The quantitative estimate of drug-likeness (QED) is 0.321. The van der Waals surface area contributed by atoms with E-state index >= 15 is 0 Å². The average Bonchev–Trinajstić information content (AvgIpc) is 2.37. The van der Waals surface area contributed by atoms with E-state index in [0.29, 0.717) is 5.56 Å². The first kappa shape index (κ1) is 14.7. The van der Waals surface area contributed by atoms with Gasteiger partial charge in [-0.15, -0.1) is 0 Å². The predicted octanol–water partition coefficient (Wildman–Crippen LogP) is 4.26. The lowest BCUT2D eigenvalue weighted by atomic mass is 10.2. The second-order valence-corrected chi connectivity index (χ2v) is 5.45. The molecule has 1 aromatic rings. The second-order valence-electron chi connectivity index (χ2n) is 3.36. The molecular formula is C11H16N3O3P. The standard InChI is InChI=1S/C11H16N3O3P/c1-3-16-18(15,17-4-2)11(13-14-12)10-8-6-5-7-9-10/h5-9,11H,3-4H2,1-2H3. The number of rotatable bonds is 7. The van der Waals surface area contributed by atoms with Crippen molar-refractivity contribution in [2.45, 2.75) is 19.6 Å². The lowest BCUT2D eigenvalue weighted by Crippen LogP contribution is -2.04. The Morgan fingerprint density at radius 2 is 1.83 bits per heavy atom. The SMILES string of the molecule is CCOP(=O)(OCC)C(N=[N+]=[N-])c1ccccc1. The minimum Gasteiger partial charge on any atom is -0.308 e. The highest BCUT2D eigenvalue weighted by Gasteiger charge is 2.36. The fraction of sp³-hybridized carbons (Fsp3) is 0.455. The van der Waals surface area contributed by atoms with Gasteiger partial charge in [-0.2, -0.15) is 0 Å². The van der Waals surface area contributed by atoms with Gasteiger partial charge in [-0.1, -0.05) is 35.4 Å². The van der Waals surface area contributed by atoms with Crippen LogP contribution in [0.5, 0.6) is 0 Å². The minimum absolute atomic E-state index is 0.224. The van der Waals surface area contributed by atoms with Crippen molar-refractivity contribution >= 4 is 7.60 Å². The fourth-order valence-electron chi connectivity index (χ4n) is 1.52. The third-order valence-corrected chi connectivity index (χ3v) is 4.41. The molecule has 0 aliphatic rings. The number of azide groups is 1. The molecule has 6 nitrogen and oxygen atoms in total. The van der Waals surface area contributed by atoms with Crippen molar-refractivity contribution in [3.63, 3.8) is 0 Å². The molecule has 7 heteroatoms. The summed E-state index contributed by atoms with van der Waals surface area (Å²) in [5.41, 5.74) is 9.24. The van der Waals surface area contributed by atoms with Gasteiger partial charge < -0.3 is 9.05 Å². The zero-order valence-electron chi connectivity index (χ0n) is 10.4. The summed E-state index contributed by atoms with van der Waals surface area (Å²) >= 11 is 0. The molecule has 0 N–H and O–H groups in total. The summed E-state index contributed by atoms with van der Waals surface area (Å²) in [6, 6.07) is 8.83. The van der Waals surface area contributed by atoms with E-state index in [9.17, 15) is 4.57 Å². The minimum atomic E-state index is -3.49. The average molecular weight is 269 g/mol. The summed E-state index contributed by atoms with van der Waals surface area (Å²) in [4.78, 5) is 2.74. The molecule has 0 amide bonds. The Balaban J connectivity index is 3.17. The maximum Gasteiger partial charge on any atom is 0.344 e. The Morgan fingerprint density at radius 3 is 2.28 bits per heavy atom. The molecule has 1 aromatic carbocycles. The van der Waals surface area contributed by atoms with Gasteiger partial charge in [0.2, 0.25) is 0 Å². The molecule has 0 saturated heterocycles. The zero-order chi connectivity index (χ0) is 13.4. The molecule has 0 radical (unpaired) electrons. The summed E-state index contributed by atoms with van der Waals surface area (Å²) in [5, 5.41) is 3.57. The van der Waals surface area contributed by atoms with Crippen LogP contribution < -0.4 is 0 Å². The second kappa shape index (κ2) is 7.19. The van der Waals surface area contributed by atoms with Crippen LogP contribution >= 0.6 is 7.60 Å². The van der Waals surface area contributed by atoms with Crippen molar-refractivity contribution in [3.8, 4) is 0 Å². The number of nitrogens with zero attached hydrogens (tertiary/aromatic N) is 3. The zero-order valence-corrected chi connectivity index (χ0v) is 11.3. The van der Waals surface area contributed by atoms with Crippen LogP contribution in [0, 0.1) is 0 Å². The first-order valence-corrected chi connectivity index (χ1v) is 7.27. The predicted molar refractivity (Wildman–Crippen MR) is 69.2 cm³/mol. The molecule has 0 aliphatic carbocycles. The largest absolute Gasteiger partial charge is 0.344 e. The molecule has 0 spiro atoms. The molecule has 1 unspecified atom stereocenters. The third kappa shape index (κ3) is 3.59. The van der Waals surface area contributed by atoms with Crippen molar-refractivity contribution < 1.29 is 13.6 Å². The molecule has 98 valence electrons. The summed E-state index contributed by atoms with van der Waals surface area (Å²) in [5.74, 6) is -0.955. The highest BCUT2D eigenvalue weighted by Crippen LogP contribution is 2.61. The smallest absolute Gasteiger partial charge is 0.308 e. The third-order valence-electron chi connectivity index (χ3n) is 2.18. The van der Waals surface area contributed by atoms with E-state index in [1.807, 2.05) is 6.07 Å². The van der Waals surface area contributed by atoms with E-state index in [1.54, 1.807) is 38.1 Å². The number of hydrogen-bond acceptors (Lipinski definition) is 4. The van der Waals surface area contributed by atoms with Crippen molar-refractivity contribution in [1.82, 2.24) is 0 Å². The van der Waals surface area contributed by atoms with E-state index in [2.05, 4.69) is 10.0 Å². The topological polar surface area (TPSA) is 84.3 Å². The van der Waals surface area contributed by atoms with Crippen molar-refractivity contribution in [1.29, 1.82) is 0 Å². The van der Waals surface area contributed by atoms with Crippen LogP contribution in [0.15, 0.2) is 35.4 Å². The van der Waals surface area contributed by atoms with Crippen LogP contribution in [0.2, 0.25) is 0 Å². The summed E-state index contributed by atoms with van der Waals surface area (Å²) in [6.45, 7) is 3.87. The van der Waals surface area contributed by atoms with E-state index in [4.69, 9.17) is 14.6 Å². The highest BCUT2D eigenvalue weighted by molar-refractivity contribution is 7.54. The Kier molecular flexibility index (Phi) is 5.89. The maximum atomic E-state index is 12.6. The molecular weight excluding hydrogens is 253 g/mol. The van der Waals surface area contributed by atoms with E-state index in [0.717, 1.165) is 0 Å². The number of hydrogen-bond donors (Lipinski definition) is 0. The van der Waals surface area contributed by atoms with Crippen molar-refractivity contribution in [2.24, 2.45) is 5.11 Å². The Bertz CT molecular complexity index is 450. The Labute approximate surface area is 106 Å². The van der Waals surface area contributed by atoms with Crippen LogP contribution in [0.3, 0.4) is 0 Å². The first-order valence-electron chi connectivity index (χ1n) is 5.66. The van der Waals surface area contributed by atoms with Crippen LogP contribution in [-0.4, -0.2) is 13.2 Å². The fourth-order valence-corrected chi connectivity index (χ4v) is 3.31. The number of benzene rings is 1. The van der Waals surface area contributed by atoms with Gasteiger partial charge in [-0.3, -0.25) is 4.57 Å². The van der Waals surface area contributed by atoms with Crippen molar-refractivity contribution in [2.75, 3.05) is 13.2 Å². The van der Waals surface area contributed by atoms with Gasteiger partial charge in [0.05, 0.1) is 13.2 Å². The van der Waals surface area contributed by atoms with Gasteiger partial charge in [0.15, 0.2) is 5.78 Å². The van der Waals surface area contributed by atoms with Gasteiger partial charge in [0.25, 0.3) is 0 Å². The first-order chi connectivity index (χ1) is 8.68. The van der Waals surface area contributed by atoms with Crippen LogP contribution in [0.4, 0.5) is 0 Å². The lowest BCUT2D eigenvalue weighted by molar-refractivity contribution is 0.212. The van der Waals surface area contributed by atoms with E-state index in [-0.39, 0.29) is 13.2 Å². The monoisotopic (exact) mass is 269 g/mol. The molecule has 0 aromatic heterocycles. The van der Waals surface area contributed by atoms with E-state index in [1.165, 1.54) is 0 Å². The summed E-state index contributed by atoms with van der Waals surface area (Å²) < 4.78 is 23.0. The summed E-state index contributed by atoms with van der Waals surface area (Å²) in [6.07, 6.45) is 0. The molecule has 0 heterocycles. The molecule has 0 aliphatic heterocycles. The lowest BCUT2D eigenvalue weighted by Gasteiger charge is -2.23. The molecule has 0 saturated carbocycles. The molecule has 0 fully saturated rings. The van der Waals surface area contributed by atoms with Gasteiger partial charge in [-0.05, 0) is 24.9 Å². The van der Waals surface area contributed by atoms with Crippen LogP contribution in [0.1, 0.15) is 25.2 Å². The Morgan fingerprint density at radius 1 is 1.28 bits per heavy atom. The van der Waals surface area contributed by atoms with Gasteiger partial charge in [0.1, 0.15) is 0 Å². The Hall–Kier alpha value is -1.32. The van der Waals surface area contributed by atoms with Crippen molar-refractivity contribution in [3.05, 3.63) is 46.3 Å². The maximum absolute atomic E-state index is 12.6. The molecule has 1 atom stereocenters. The van der Waals surface area contributed by atoms with Gasteiger partial charge in [-0.25, -0.2) is 0 Å². The molecule has 18 heavy (non-hydrogen) atoms. The van der Waals surface area contributed by atoms with Gasteiger partial charge in [0, 0.05) is 4.91 Å². The van der Waals surface area contributed by atoms with Gasteiger partial charge >= 0.3 is 7.60 Å². The molecule has 0 bridgehead atoms.